The van der Waals surface area contributed by atoms with Crippen LogP contribution < -0.4 is 15.8 Å². The Morgan fingerprint density at radius 3 is 2.58 bits per heavy atom. The van der Waals surface area contributed by atoms with Gasteiger partial charge in [0.2, 0.25) is 5.91 Å². The van der Waals surface area contributed by atoms with Crippen molar-refractivity contribution in [3.05, 3.63) is 47.4 Å². The van der Waals surface area contributed by atoms with E-state index in [2.05, 4.69) is 32.3 Å². The number of hydrogen-bond donors (Lipinski definition) is 2. The topological polar surface area (TPSA) is 111 Å². The maximum absolute atomic E-state index is 11.3. The van der Waals surface area contributed by atoms with Gasteiger partial charge in [-0.1, -0.05) is 0 Å². The number of rotatable bonds is 6. The van der Waals surface area contributed by atoms with Crippen molar-refractivity contribution in [3.8, 4) is 22.9 Å². The van der Waals surface area contributed by atoms with Gasteiger partial charge in [0.1, 0.15) is 0 Å². The largest absolute Gasteiger partial charge is 0.433 e. The number of aromatic nitrogens is 4. The molecule has 0 saturated carbocycles. The van der Waals surface area contributed by atoms with Gasteiger partial charge in [0.25, 0.3) is 5.88 Å². The van der Waals surface area contributed by atoms with Crippen molar-refractivity contribution < 1.29 is 9.53 Å². The molecule has 0 bridgehead atoms. The standard InChI is InChI=1S/C24H31N7O2/c1-15-9-18(10-16(2)21(15)12-26-17(3)32)22-13-27-23(25)24(29-22)33-20-11-28-31(14-20)19-5-7-30(4)8-6-19/h9-11,13-14,19H,5-8,12H2,1-4H3,(H2,25,27)(H,26,32). The summed E-state index contributed by atoms with van der Waals surface area (Å²) in [4.78, 5) is 22.5. The van der Waals surface area contributed by atoms with Gasteiger partial charge in [-0.3, -0.25) is 9.48 Å². The molecule has 0 unspecified atom stereocenters. The molecule has 1 amide bonds. The Bertz CT molecular complexity index is 1130. The van der Waals surface area contributed by atoms with E-state index in [1.54, 1.807) is 12.4 Å². The third kappa shape index (κ3) is 5.31. The molecule has 0 spiro atoms. The van der Waals surface area contributed by atoms with Crippen LogP contribution in [0.3, 0.4) is 0 Å². The van der Waals surface area contributed by atoms with Crippen LogP contribution in [0.15, 0.2) is 30.7 Å². The number of anilines is 1. The molecule has 1 aromatic carbocycles. The first-order valence-electron chi connectivity index (χ1n) is 11.2. The third-order valence-corrected chi connectivity index (χ3v) is 6.13. The number of benzene rings is 1. The maximum atomic E-state index is 11.3. The second-order valence-corrected chi connectivity index (χ2v) is 8.74. The highest BCUT2D eigenvalue weighted by molar-refractivity contribution is 5.73. The number of piperidine rings is 1. The molecule has 0 radical (unpaired) electrons. The Morgan fingerprint density at radius 2 is 1.91 bits per heavy atom. The van der Waals surface area contributed by atoms with E-state index in [1.165, 1.54) is 6.92 Å². The number of amides is 1. The van der Waals surface area contributed by atoms with Crippen LogP contribution in [-0.2, 0) is 11.3 Å². The zero-order chi connectivity index (χ0) is 23.5. The van der Waals surface area contributed by atoms with Crippen molar-refractivity contribution in [2.45, 2.75) is 46.2 Å². The molecule has 174 valence electrons. The van der Waals surface area contributed by atoms with Crippen molar-refractivity contribution in [1.29, 1.82) is 0 Å². The second kappa shape index (κ2) is 9.58. The van der Waals surface area contributed by atoms with Crippen LogP contribution in [-0.4, -0.2) is 50.7 Å². The van der Waals surface area contributed by atoms with Gasteiger partial charge in [-0.25, -0.2) is 9.97 Å². The van der Waals surface area contributed by atoms with Gasteiger partial charge in [-0.15, -0.1) is 0 Å². The van der Waals surface area contributed by atoms with Crippen LogP contribution in [0, 0.1) is 13.8 Å². The Hall–Kier alpha value is -3.46. The first-order chi connectivity index (χ1) is 15.8. The molecular formula is C24H31N7O2. The van der Waals surface area contributed by atoms with Crippen LogP contribution in [0.25, 0.3) is 11.3 Å². The van der Waals surface area contributed by atoms with E-state index in [-0.39, 0.29) is 17.6 Å². The monoisotopic (exact) mass is 449 g/mol. The lowest BCUT2D eigenvalue weighted by molar-refractivity contribution is -0.119. The van der Waals surface area contributed by atoms with Crippen molar-refractivity contribution >= 4 is 11.7 Å². The highest BCUT2D eigenvalue weighted by Crippen LogP contribution is 2.30. The summed E-state index contributed by atoms with van der Waals surface area (Å²) in [7, 11) is 2.14. The van der Waals surface area contributed by atoms with E-state index < -0.39 is 0 Å². The molecule has 1 fully saturated rings. The minimum absolute atomic E-state index is 0.0526. The summed E-state index contributed by atoms with van der Waals surface area (Å²) in [5.41, 5.74) is 10.9. The molecule has 9 heteroatoms. The highest BCUT2D eigenvalue weighted by atomic mass is 16.5. The molecular weight excluding hydrogens is 418 g/mol. The lowest BCUT2D eigenvalue weighted by atomic mass is 9.98. The van der Waals surface area contributed by atoms with Crippen molar-refractivity contribution in [3.63, 3.8) is 0 Å². The summed E-state index contributed by atoms with van der Waals surface area (Å²) in [6.45, 7) is 8.17. The Balaban J connectivity index is 1.53. The summed E-state index contributed by atoms with van der Waals surface area (Å²) >= 11 is 0. The van der Waals surface area contributed by atoms with Gasteiger partial charge in [0.15, 0.2) is 11.6 Å². The lowest BCUT2D eigenvalue weighted by Gasteiger charge is -2.28. The predicted molar refractivity (Wildman–Crippen MR) is 127 cm³/mol. The predicted octanol–water partition coefficient (Wildman–Crippen LogP) is 3.23. The maximum Gasteiger partial charge on any atom is 0.263 e. The Labute approximate surface area is 194 Å². The van der Waals surface area contributed by atoms with E-state index in [9.17, 15) is 4.79 Å². The van der Waals surface area contributed by atoms with E-state index >= 15 is 0 Å². The zero-order valence-electron chi connectivity index (χ0n) is 19.6. The zero-order valence-corrected chi connectivity index (χ0v) is 19.6. The molecule has 33 heavy (non-hydrogen) atoms. The van der Waals surface area contributed by atoms with Crippen LogP contribution in [0.5, 0.6) is 11.6 Å². The fourth-order valence-electron chi connectivity index (χ4n) is 4.17. The average molecular weight is 450 g/mol. The van der Waals surface area contributed by atoms with Crippen LogP contribution >= 0.6 is 0 Å². The number of nitrogens with one attached hydrogen (secondary N) is 1. The first-order valence-corrected chi connectivity index (χ1v) is 11.2. The fraction of sp³-hybridized carbons (Fsp3) is 0.417. The smallest absolute Gasteiger partial charge is 0.263 e. The molecule has 0 atom stereocenters. The molecule has 3 aromatic rings. The van der Waals surface area contributed by atoms with Crippen molar-refractivity contribution in [2.75, 3.05) is 25.9 Å². The van der Waals surface area contributed by atoms with Gasteiger partial charge in [-0.2, -0.15) is 5.10 Å². The summed E-state index contributed by atoms with van der Waals surface area (Å²) in [5, 5.41) is 7.35. The number of carbonyl (C=O) groups excluding carboxylic acids is 1. The first kappa shape index (κ1) is 22.7. The summed E-state index contributed by atoms with van der Waals surface area (Å²) in [5.74, 6) is 1.02. The van der Waals surface area contributed by atoms with Crippen molar-refractivity contribution in [1.82, 2.24) is 30.0 Å². The number of nitrogen functional groups attached to an aromatic ring is 1. The minimum Gasteiger partial charge on any atom is -0.433 e. The summed E-state index contributed by atoms with van der Waals surface area (Å²) in [6.07, 6.45) is 7.36. The average Bonchev–Trinajstić information content (AvgIpc) is 3.23. The third-order valence-electron chi connectivity index (χ3n) is 6.13. The minimum atomic E-state index is -0.0526. The molecule has 1 saturated heterocycles. The fourth-order valence-corrected chi connectivity index (χ4v) is 4.17. The molecule has 0 aliphatic carbocycles. The molecule has 2 aromatic heterocycles. The second-order valence-electron chi connectivity index (χ2n) is 8.74. The molecule has 9 nitrogen and oxygen atoms in total. The highest BCUT2D eigenvalue weighted by Gasteiger charge is 2.20. The molecule has 3 heterocycles. The molecule has 4 rings (SSSR count). The Morgan fingerprint density at radius 1 is 1.21 bits per heavy atom. The quantitative estimate of drug-likeness (QED) is 0.594. The number of hydrogen-bond acceptors (Lipinski definition) is 7. The van der Waals surface area contributed by atoms with E-state index in [1.807, 2.05) is 36.9 Å². The van der Waals surface area contributed by atoms with E-state index in [4.69, 9.17) is 10.5 Å². The van der Waals surface area contributed by atoms with E-state index in [0.717, 1.165) is 48.2 Å². The number of nitrogens with zero attached hydrogens (tertiary/aromatic N) is 5. The van der Waals surface area contributed by atoms with Crippen LogP contribution in [0.1, 0.15) is 42.5 Å². The number of likely N-dealkylation sites (tertiary alicyclic amines) is 1. The number of nitrogens with two attached hydrogens (primary N) is 1. The lowest BCUT2D eigenvalue weighted by Crippen LogP contribution is -2.31. The molecule has 3 N–H and O–H groups in total. The number of aryl methyl sites for hydroxylation is 2. The van der Waals surface area contributed by atoms with Crippen molar-refractivity contribution in [2.24, 2.45) is 0 Å². The van der Waals surface area contributed by atoms with Gasteiger partial charge < -0.3 is 20.7 Å². The normalized spacial score (nSPS) is 14.9. The van der Waals surface area contributed by atoms with E-state index in [0.29, 0.717) is 24.0 Å². The van der Waals surface area contributed by atoms with Crippen LogP contribution in [0.4, 0.5) is 5.82 Å². The SMILES string of the molecule is CC(=O)NCc1c(C)cc(-c2cnc(N)c(Oc3cnn(C4CCN(C)CC4)c3)n2)cc1C. The van der Waals surface area contributed by atoms with Gasteiger partial charge in [0.05, 0.1) is 30.3 Å². The molecule has 1 aliphatic rings. The Kier molecular flexibility index (Phi) is 6.60. The van der Waals surface area contributed by atoms with Gasteiger partial charge in [-0.05, 0) is 75.6 Å². The number of carbonyl (C=O) groups is 1. The van der Waals surface area contributed by atoms with Gasteiger partial charge >= 0.3 is 0 Å². The summed E-state index contributed by atoms with van der Waals surface area (Å²) in [6, 6.07) is 4.44. The number of ether oxygens (including phenoxy) is 1. The van der Waals surface area contributed by atoms with Crippen LogP contribution in [0.2, 0.25) is 0 Å². The molecule has 1 aliphatic heterocycles. The summed E-state index contributed by atoms with van der Waals surface area (Å²) < 4.78 is 7.94. The van der Waals surface area contributed by atoms with Gasteiger partial charge in [0, 0.05) is 19.0 Å².